The quantitative estimate of drug-likeness (QED) is 0.465. The van der Waals surface area contributed by atoms with Gasteiger partial charge in [0.05, 0.1) is 10.2 Å². The lowest BCUT2D eigenvalue weighted by Crippen LogP contribution is -2.22. The number of anilines is 2. The molecule has 1 unspecified atom stereocenters. The van der Waals surface area contributed by atoms with Gasteiger partial charge in [-0.15, -0.1) is 11.8 Å². The van der Waals surface area contributed by atoms with Crippen LogP contribution >= 0.6 is 11.8 Å². The van der Waals surface area contributed by atoms with Gasteiger partial charge in [0.15, 0.2) is 0 Å². The molecule has 2 aromatic rings. The van der Waals surface area contributed by atoms with E-state index < -0.39 is 10.2 Å². The maximum Gasteiger partial charge on any atom is 0.271 e. The molecule has 0 aliphatic rings. The van der Waals surface area contributed by atoms with Gasteiger partial charge in [-0.25, -0.2) is 0 Å². The smallest absolute Gasteiger partial charge is 0.271 e. The van der Waals surface area contributed by atoms with Gasteiger partial charge in [-0.05, 0) is 37.3 Å². The van der Waals surface area contributed by atoms with Crippen LogP contribution in [0.2, 0.25) is 0 Å². The van der Waals surface area contributed by atoms with Crippen molar-refractivity contribution in [3.05, 3.63) is 58.6 Å². The second-order valence-electron chi connectivity index (χ2n) is 5.26. The van der Waals surface area contributed by atoms with Gasteiger partial charge in [-0.3, -0.25) is 19.7 Å². The monoisotopic (exact) mass is 359 g/mol. The Morgan fingerprint density at radius 2 is 1.76 bits per heavy atom. The number of carbonyl (C=O) groups is 2. The molecule has 2 amide bonds. The predicted octanol–water partition coefficient (Wildman–Crippen LogP) is 3.67. The van der Waals surface area contributed by atoms with Crippen molar-refractivity contribution in [3.8, 4) is 0 Å². The molecule has 2 aromatic carbocycles. The van der Waals surface area contributed by atoms with E-state index in [-0.39, 0.29) is 17.5 Å². The highest BCUT2D eigenvalue weighted by Crippen LogP contribution is 2.26. The number of nitrogens with zero attached hydrogens (tertiary/aromatic N) is 1. The summed E-state index contributed by atoms with van der Waals surface area (Å²) in [5, 5.41) is 15.7. The molecule has 1 atom stereocenters. The van der Waals surface area contributed by atoms with Crippen molar-refractivity contribution in [1.29, 1.82) is 0 Å². The van der Waals surface area contributed by atoms with Crippen LogP contribution < -0.4 is 10.6 Å². The lowest BCUT2D eigenvalue weighted by Gasteiger charge is -2.12. The lowest BCUT2D eigenvalue weighted by atomic mass is 10.2. The summed E-state index contributed by atoms with van der Waals surface area (Å²) in [5.41, 5.74) is 0.991. The SMILES string of the molecule is CC(=O)Nc1ccc(SC(C)C(=O)Nc2cccc([N+](=O)[O-])c2)cc1. The summed E-state index contributed by atoms with van der Waals surface area (Å²) in [7, 11) is 0. The Bertz CT molecular complexity index is 793. The number of nitrogens with one attached hydrogen (secondary N) is 2. The van der Waals surface area contributed by atoms with Crippen LogP contribution in [0, 0.1) is 10.1 Å². The molecule has 0 aliphatic carbocycles. The van der Waals surface area contributed by atoms with Gasteiger partial charge in [-0.2, -0.15) is 0 Å². The maximum atomic E-state index is 12.3. The first-order valence-corrected chi connectivity index (χ1v) is 8.33. The molecule has 0 aliphatic heterocycles. The van der Waals surface area contributed by atoms with E-state index >= 15 is 0 Å². The van der Waals surface area contributed by atoms with Crippen molar-refractivity contribution in [3.63, 3.8) is 0 Å². The summed E-state index contributed by atoms with van der Waals surface area (Å²) in [5.74, 6) is -0.401. The fraction of sp³-hybridized carbons (Fsp3) is 0.176. The number of nitro benzene ring substituents is 1. The van der Waals surface area contributed by atoms with Crippen LogP contribution in [0.1, 0.15) is 13.8 Å². The Morgan fingerprint density at radius 1 is 1.08 bits per heavy atom. The molecular weight excluding hydrogens is 342 g/mol. The average molecular weight is 359 g/mol. The zero-order valence-electron chi connectivity index (χ0n) is 13.7. The second kappa shape index (κ2) is 8.29. The molecule has 0 radical (unpaired) electrons. The van der Waals surface area contributed by atoms with Crippen LogP contribution in [0.15, 0.2) is 53.4 Å². The second-order valence-corrected chi connectivity index (χ2v) is 6.68. The first-order chi connectivity index (χ1) is 11.8. The van der Waals surface area contributed by atoms with E-state index in [9.17, 15) is 19.7 Å². The van der Waals surface area contributed by atoms with Crippen LogP contribution in [0.25, 0.3) is 0 Å². The Morgan fingerprint density at radius 3 is 2.36 bits per heavy atom. The van der Waals surface area contributed by atoms with Crippen molar-refractivity contribution in [1.82, 2.24) is 0 Å². The summed E-state index contributed by atoms with van der Waals surface area (Å²) >= 11 is 1.35. The van der Waals surface area contributed by atoms with Gasteiger partial charge in [0, 0.05) is 35.3 Å². The molecule has 2 N–H and O–H groups in total. The zero-order valence-corrected chi connectivity index (χ0v) is 14.5. The summed E-state index contributed by atoms with van der Waals surface area (Å²) < 4.78 is 0. The van der Waals surface area contributed by atoms with E-state index in [0.717, 1.165) is 4.90 Å². The van der Waals surface area contributed by atoms with E-state index in [4.69, 9.17) is 0 Å². The van der Waals surface area contributed by atoms with Crippen LogP contribution in [-0.2, 0) is 9.59 Å². The third kappa shape index (κ3) is 5.61. The number of carbonyl (C=O) groups excluding carboxylic acids is 2. The standard InChI is InChI=1S/C17H17N3O4S/c1-11(25-16-8-6-13(7-9-16)18-12(2)21)17(22)19-14-4-3-5-15(10-14)20(23)24/h3-11H,1-2H3,(H,18,21)(H,19,22). The first-order valence-electron chi connectivity index (χ1n) is 7.45. The van der Waals surface area contributed by atoms with E-state index in [2.05, 4.69) is 10.6 Å². The lowest BCUT2D eigenvalue weighted by molar-refractivity contribution is -0.384. The Hall–Kier alpha value is -2.87. The highest BCUT2D eigenvalue weighted by atomic mass is 32.2. The largest absolute Gasteiger partial charge is 0.326 e. The molecule has 0 bridgehead atoms. The molecule has 0 saturated carbocycles. The van der Waals surface area contributed by atoms with Gasteiger partial charge in [0.2, 0.25) is 11.8 Å². The number of amides is 2. The van der Waals surface area contributed by atoms with Gasteiger partial charge in [0.1, 0.15) is 0 Å². The number of rotatable bonds is 6. The summed E-state index contributed by atoms with van der Waals surface area (Å²) in [4.78, 5) is 34.4. The summed E-state index contributed by atoms with van der Waals surface area (Å²) in [6.07, 6.45) is 0. The van der Waals surface area contributed by atoms with Crippen LogP contribution in [-0.4, -0.2) is 22.0 Å². The minimum atomic E-state index is -0.509. The highest BCUT2D eigenvalue weighted by molar-refractivity contribution is 8.00. The molecule has 2 rings (SSSR count). The number of non-ortho nitro benzene ring substituents is 1. The third-order valence-corrected chi connectivity index (χ3v) is 4.29. The van der Waals surface area contributed by atoms with Gasteiger partial charge in [-0.1, -0.05) is 6.07 Å². The highest BCUT2D eigenvalue weighted by Gasteiger charge is 2.16. The van der Waals surface area contributed by atoms with Crippen molar-refractivity contribution in [2.75, 3.05) is 10.6 Å². The molecular formula is C17H17N3O4S. The topological polar surface area (TPSA) is 101 Å². The number of thioether (sulfide) groups is 1. The number of benzene rings is 2. The fourth-order valence-electron chi connectivity index (χ4n) is 2.02. The molecule has 8 heteroatoms. The van der Waals surface area contributed by atoms with Crippen molar-refractivity contribution >= 4 is 40.6 Å². The Balaban J connectivity index is 1.97. The number of hydrogen-bond acceptors (Lipinski definition) is 5. The number of hydrogen-bond donors (Lipinski definition) is 2. The minimum Gasteiger partial charge on any atom is -0.326 e. The van der Waals surface area contributed by atoms with Gasteiger partial charge >= 0.3 is 0 Å². The molecule has 0 aromatic heterocycles. The fourth-order valence-corrected chi connectivity index (χ4v) is 2.89. The predicted molar refractivity (Wildman–Crippen MR) is 97.8 cm³/mol. The van der Waals surface area contributed by atoms with Gasteiger partial charge < -0.3 is 10.6 Å². The van der Waals surface area contributed by atoms with Crippen LogP contribution in [0.5, 0.6) is 0 Å². The molecule has 25 heavy (non-hydrogen) atoms. The maximum absolute atomic E-state index is 12.3. The number of nitro groups is 1. The summed E-state index contributed by atoms with van der Waals surface area (Å²) in [6.45, 7) is 3.18. The first kappa shape index (κ1) is 18.5. The van der Waals surface area contributed by atoms with Crippen LogP contribution in [0.4, 0.5) is 17.1 Å². The van der Waals surface area contributed by atoms with E-state index in [1.165, 1.54) is 36.9 Å². The summed E-state index contributed by atoms with van der Waals surface area (Å²) in [6, 6.07) is 12.9. The van der Waals surface area contributed by atoms with Crippen LogP contribution in [0.3, 0.4) is 0 Å². The van der Waals surface area contributed by atoms with Crippen molar-refractivity contribution in [2.45, 2.75) is 24.0 Å². The third-order valence-electron chi connectivity index (χ3n) is 3.18. The van der Waals surface area contributed by atoms with E-state index in [0.29, 0.717) is 11.4 Å². The minimum absolute atomic E-state index is 0.0772. The molecule has 130 valence electrons. The molecule has 0 heterocycles. The average Bonchev–Trinajstić information content (AvgIpc) is 2.56. The zero-order chi connectivity index (χ0) is 18.4. The van der Waals surface area contributed by atoms with Crippen molar-refractivity contribution in [2.24, 2.45) is 0 Å². The molecule has 0 saturated heterocycles. The van der Waals surface area contributed by atoms with E-state index in [1.807, 2.05) is 12.1 Å². The van der Waals surface area contributed by atoms with E-state index in [1.54, 1.807) is 25.1 Å². The Kier molecular flexibility index (Phi) is 6.13. The molecule has 0 spiro atoms. The molecule has 0 fully saturated rings. The van der Waals surface area contributed by atoms with Gasteiger partial charge in [0.25, 0.3) is 5.69 Å². The molecule has 7 nitrogen and oxygen atoms in total. The normalized spacial score (nSPS) is 11.4. The Labute approximate surface area is 149 Å². The van der Waals surface area contributed by atoms with Crippen molar-refractivity contribution < 1.29 is 14.5 Å².